The first-order valence-electron chi connectivity index (χ1n) is 7.69. The molecule has 0 fully saturated rings. The molecule has 0 spiro atoms. The van der Waals surface area contributed by atoms with Gasteiger partial charge in [-0.3, -0.25) is 4.98 Å². The van der Waals surface area contributed by atoms with Gasteiger partial charge < -0.3 is 19.7 Å². The Hall–Kier alpha value is -1.17. The topological polar surface area (TPSA) is 46.6 Å². The molecule has 0 unspecified atom stereocenters. The van der Waals surface area contributed by atoms with E-state index in [0.717, 1.165) is 45.6 Å². The van der Waals surface area contributed by atoms with Crippen LogP contribution in [0.5, 0.6) is 0 Å². The Morgan fingerprint density at radius 2 is 2.00 bits per heavy atom. The Morgan fingerprint density at radius 3 is 2.71 bits per heavy atom. The normalized spacial score (nSPS) is 10.8. The van der Waals surface area contributed by atoms with Crippen LogP contribution < -0.4 is 10.2 Å². The summed E-state index contributed by atoms with van der Waals surface area (Å²) < 4.78 is 10.4. The molecule has 120 valence electrons. The monoisotopic (exact) mass is 295 g/mol. The van der Waals surface area contributed by atoms with Crippen LogP contribution >= 0.6 is 0 Å². The lowest BCUT2D eigenvalue weighted by Crippen LogP contribution is -2.30. The summed E-state index contributed by atoms with van der Waals surface area (Å²) in [6, 6.07) is 2.09. The Balaban J connectivity index is 2.73. The Bertz CT molecular complexity index is 374. The van der Waals surface area contributed by atoms with Crippen LogP contribution in [-0.4, -0.2) is 52.1 Å². The first-order chi connectivity index (χ1) is 10.3. The van der Waals surface area contributed by atoms with Gasteiger partial charge in [0.05, 0.1) is 18.5 Å². The van der Waals surface area contributed by atoms with E-state index in [-0.39, 0.29) is 0 Å². The van der Waals surface area contributed by atoms with Crippen molar-refractivity contribution in [2.75, 3.05) is 52.0 Å². The Labute approximate surface area is 128 Å². The molecule has 0 aromatic carbocycles. The number of anilines is 1. The van der Waals surface area contributed by atoms with Crippen LogP contribution in [0.1, 0.15) is 25.3 Å². The van der Waals surface area contributed by atoms with Gasteiger partial charge in [-0.05, 0) is 31.0 Å². The van der Waals surface area contributed by atoms with Crippen molar-refractivity contribution in [3.63, 3.8) is 0 Å². The van der Waals surface area contributed by atoms with Gasteiger partial charge in [-0.15, -0.1) is 0 Å². The van der Waals surface area contributed by atoms with Crippen LogP contribution in [-0.2, 0) is 16.0 Å². The molecule has 0 aliphatic heterocycles. The van der Waals surface area contributed by atoms with Crippen molar-refractivity contribution < 1.29 is 9.47 Å². The smallest absolute Gasteiger partial charge is 0.0637 e. The van der Waals surface area contributed by atoms with Gasteiger partial charge in [0.25, 0.3) is 0 Å². The van der Waals surface area contributed by atoms with Crippen molar-refractivity contribution in [3.8, 4) is 0 Å². The van der Waals surface area contributed by atoms with Gasteiger partial charge in [-0.1, -0.05) is 6.92 Å². The number of hydrogen-bond acceptors (Lipinski definition) is 5. The highest BCUT2D eigenvalue weighted by atomic mass is 16.5. The van der Waals surface area contributed by atoms with Gasteiger partial charge >= 0.3 is 0 Å². The molecule has 5 heteroatoms. The van der Waals surface area contributed by atoms with Gasteiger partial charge in [0.1, 0.15) is 0 Å². The molecule has 0 radical (unpaired) electrons. The summed E-state index contributed by atoms with van der Waals surface area (Å²) in [5.41, 5.74) is 2.47. The molecule has 0 amide bonds. The fourth-order valence-corrected chi connectivity index (χ4v) is 2.20. The summed E-state index contributed by atoms with van der Waals surface area (Å²) in [5.74, 6) is 0. The van der Waals surface area contributed by atoms with Crippen molar-refractivity contribution in [2.24, 2.45) is 0 Å². The van der Waals surface area contributed by atoms with E-state index in [1.807, 2.05) is 12.4 Å². The largest absolute Gasteiger partial charge is 0.385 e. The standard InChI is InChI=1S/C16H29N3O2/c1-4-7-17-13-15-6-8-18-14-16(15)19(10-12-21-3)9-5-11-20-2/h6,8,14,17H,4-5,7,9-13H2,1-3H3. The molecule has 0 aliphatic rings. The minimum atomic E-state index is 0.712. The van der Waals surface area contributed by atoms with E-state index in [1.54, 1.807) is 14.2 Å². The molecule has 0 saturated carbocycles. The summed E-state index contributed by atoms with van der Waals surface area (Å²) in [4.78, 5) is 6.62. The molecule has 0 atom stereocenters. The number of methoxy groups -OCH3 is 2. The number of aromatic nitrogens is 1. The van der Waals surface area contributed by atoms with Crippen LogP contribution in [0, 0.1) is 0 Å². The Morgan fingerprint density at radius 1 is 1.19 bits per heavy atom. The highest BCUT2D eigenvalue weighted by Crippen LogP contribution is 2.19. The second kappa shape index (κ2) is 11.5. The summed E-state index contributed by atoms with van der Waals surface area (Å²) in [7, 11) is 3.48. The van der Waals surface area contributed by atoms with Crippen LogP contribution in [0.2, 0.25) is 0 Å². The Kier molecular flexibility index (Phi) is 9.78. The third-order valence-electron chi connectivity index (χ3n) is 3.31. The van der Waals surface area contributed by atoms with Gasteiger partial charge in [0.2, 0.25) is 0 Å². The first-order valence-corrected chi connectivity index (χ1v) is 7.69. The summed E-state index contributed by atoms with van der Waals surface area (Å²) in [6.07, 6.45) is 5.94. The molecule has 0 saturated heterocycles. The molecule has 1 aromatic heterocycles. The van der Waals surface area contributed by atoms with Gasteiger partial charge in [0.15, 0.2) is 0 Å². The van der Waals surface area contributed by atoms with Crippen LogP contribution in [0.4, 0.5) is 5.69 Å². The van der Waals surface area contributed by atoms with Gasteiger partial charge in [0, 0.05) is 46.7 Å². The lowest BCUT2D eigenvalue weighted by Gasteiger charge is -2.26. The minimum absolute atomic E-state index is 0.712. The SMILES string of the molecule is CCCNCc1ccncc1N(CCCOC)CCOC. The average Bonchev–Trinajstić information content (AvgIpc) is 2.52. The average molecular weight is 295 g/mol. The van der Waals surface area contributed by atoms with E-state index in [0.29, 0.717) is 6.61 Å². The zero-order valence-electron chi connectivity index (χ0n) is 13.6. The zero-order valence-corrected chi connectivity index (χ0v) is 13.6. The van der Waals surface area contributed by atoms with Crippen molar-refractivity contribution in [3.05, 3.63) is 24.0 Å². The number of rotatable bonds is 12. The van der Waals surface area contributed by atoms with E-state index in [1.165, 1.54) is 11.3 Å². The summed E-state index contributed by atoms with van der Waals surface area (Å²) in [6.45, 7) is 7.38. The van der Waals surface area contributed by atoms with Crippen molar-refractivity contribution in [2.45, 2.75) is 26.3 Å². The molecule has 21 heavy (non-hydrogen) atoms. The molecule has 1 rings (SSSR count). The maximum absolute atomic E-state index is 5.23. The first kappa shape index (κ1) is 17.9. The zero-order chi connectivity index (χ0) is 15.3. The van der Waals surface area contributed by atoms with E-state index in [9.17, 15) is 0 Å². The van der Waals surface area contributed by atoms with Crippen molar-refractivity contribution >= 4 is 5.69 Å². The number of ether oxygens (including phenoxy) is 2. The van der Waals surface area contributed by atoms with Crippen LogP contribution in [0.3, 0.4) is 0 Å². The molecular formula is C16H29N3O2. The third kappa shape index (κ3) is 6.89. The predicted molar refractivity (Wildman–Crippen MR) is 86.8 cm³/mol. The highest BCUT2D eigenvalue weighted by molar-refractivity contribution is 5.51. The van der Waals surface area contributed by atoms with E-state index in [4.69, 9.17) is 9.47 Å². The summed E-state index contributed by atoms with van der Waals surface area (Å²) in [5, 5.41) is 3.46. The molecule has 0 aliphatic carbocycles. The number of hydrogen-bond donors (Lipinski definition) is 1. The molecule has 1 N–H and O–H groups in total. The van der Waals surface area contributed by atoms with Crippen molar-refractivity contribution in [1.82, 2.24) is 10.3 Å². The molecule has 1 heterocycles. The maximum Gasteiger partial charge on any atom is 0.0637 e. The van der Waals surface area contributed by atoms with E-state index in [2.05, 4.69) is 28.2 Å². The van der Waals surface area contributed by atoms with Crippen LogP contribution in [0.15, 0.2) is 18.5 Å². The number of pyridine rings is 1. The van der Waals surface area contributed by atoms with Crippen molar-refractivity contribution in [1.29, 1.82) is 0 Å². The third-order valence-corrected chi connectivity index (χ3v) is 3.31. The van der Waals surface area contributed by atoms with Gasteiger partial charge in [-0.25, -0.2) is 0 Å². The van der Waals surface area contributed by atoms with E-state index < -0.39 is 0 Å². The predicted octanol–water partition coefficient (Wildman–Crippen LogP) is 2.07. The summed E-state index contributed by atoms with van der Waals surface area (Å²) >= 11 is 0. The fourth-order valence-electron chi connectivity index (χ4n) is 2.20. The number of nitrogens with zero attached hydrogens (tertiary/aromatic N) is 2. The molecule has 5 nitrogen and oxygen atoms in total. The minimum Gasteiger partial charge on any atom is -0.385 e. The molecule has 0 bridgehead atoms. The second-order valence-electron chi connectivity index (χ2n) is 5.01. The lowest BCUT2D eigenvalue weighted by molar-refractivity contribution is 0.191. The van der Waals surface area contributed by atoms with Crippen LogP contribution in [0.25, 0.3) is 0 Å². The maximum atomic E-state index is 5.23. The lowest BCUT2D eigenvalue weighted by atomic mass is 10.2. The molecule has 1 aromatic rings. The number of nitrogens with one attached hydrogen (secondary N) is 1. The second-order valence-corrected chi connectivity index (χ2v) is 5.01. The molecular weight excluding hydrogens is 266 g/mol. The fraction of sp³-hybridized carbons (Fsp3) is 0.688. The highest BCUT2D eigenvalue weighted by Gasteiger charge is 2.11. The van der Waals surface area contributed by atoms with E-state index >= 15 is 0 Å². The van der Waals surface area contributed by atoms with Gasteiger partial charge in [-0.2, -0.15) is 0 Å². The quantitative estimate of drug-likeness (QED) is 0.598.